The number of hydrogen-bond donors (Lipinski definition) is 2. The zero-order chi connectivity index (χ0) is 15.7. The Hall–Kier alpha value is -3.21. The summed E-state index contributed by atoms with van der Waals surface area (Å²) in [7, 11) is 0. The van der Waals surface area contributed by atoms with Gasteiger partial charge in [0.2, 0.25) is 0 Å². The summed E-state index contributed by atoms with van der Waals surface area (Å²) in [5.41, 5.74) is 4.25. The van der Waals surface area contributed by atoms with Crippen molar-refractivity contribution >= 4 is 44.5 Å². The predicted molar refractivity (Wildman–Crippen MR) is 87.6 cm³/mol. The number of pyridine rings is 1. The molecule has 0 fully saturated rings. The molecule has 0 unspecified atom stereocenters. The third kappa shape index (κ3) is 1.43. The molecular formula is C18H11N3O2. The van der Waals surface area contributed by atoms with Gasteiger partial charge in [-0.25, -0.2) is 0 Å². The average Bonchev–Trinajstić information content (AvgIpc) is 3.05. The fraction of sp³-hybridized carbons (Fsp3) is 0.0556. The smallest absolute Gasteiger partial charge is 0.259 e. The van der Waals surface area contributed by atoms with E-state index in [-0.39, 0.29) is 11.8 Å². The quantitative estimate of drug-likeness (QED) is 0.490. The molecule has 0 saturated heterocycles. The van der Waals surface area contributed by atoms with Crippen molar-refractivity contribution in [3.63, 3.8) is 0 Å². The summed E-state index contributed by atoms with van der Waals surface area (Å²) in [6, 6.07) is 9.66. The van der Waals surface area contributed by atoms with Crippen LogP contribution in [0.5, 0.6) is 0 Å². The number of benzene rings is 2. The number of carbonyl (C=O) groups excluding carboxylic acids is 2. The summed E-state index contributed by atoms with van der Waals surface area (Å²) < 4.78 is 0. The van der Waals surface area contributed by atoms with Crippen LogP contribution in [0.1, 0.15) is 26.3 Å². The number of para-hydroxylation sites is 1. The molecule has 110 valence electrons. The van der Waals surface area contributed by atoms with Gasteiger partial charge in [-0.1, -0.05) is 18.2 Å². The number of nitrogens with zero attached hydrogens (tertiary/aromatic N) is 1. The van der Waals surface area contributed by atoms with Crippen molar-refractivity contribution in [2.75, 3.05) is 0 Å². The zero-order valence-corrected chi connectivity index (χ0v) is 12.2. The Morgan fingerprint density at radius 3 is 2.65 bits per heavy atom. The van der Waals surface area contributed by atoms with Gasteiger partial charge in [-0.05, 0) is 24.6 Å². The molecule has 2 N–H and O–H groups in total. The van der Waals surface area contributed by atoms with Gasteiger partial charge in [0, 0.05) is 27.9 Å². The van der Waals surface area contributed by atoms with Crippen molar-refractivity contribution in [1.29, 1.82) is 0 Å². The normalized spacial score (nSPS) is 14.0. The highest BCUT2D eigenvalue weighted by Gasteiger charge is 2.33. The third-order valence-corrected chi connectivity index (χ3v) is 4.42. The van der Waals surface area contributed by atoms with Gasteiger partial charge >= 0.3 is 0 Å². The first-order valence-electron chi connectivity index (χ1n) is 7.33. The van der Waals surface area contributed by atoms with E-state index in [0.29, 0.717) is 22.0 Å². The topological polar surface area (TPSA) is 74.8 Å². The van der Waals surface area contributed by atoms with Crippen LogP contribution in [0.3, 0.4) is 0 Å². The molecule has 2 amide bonds. The first kappa shape index (κ1) is 12.3. The maximum Gasteiger partial charge on any atom is 0.259 e. The Balaban J connectivity index is 2.18. The number of amides is 2. The Bertz CT molecular complexity index is 1190. The fourth-order valence-corrected chi connectivity index (χ4v) is 3.49. The van der Waals surface area contributed by atoms with Gasteiger partial charge in [-0.15, -0.1) is 0 Å². The maximum absolute atomic E-state index is 12.4. The highest BCUT2D eigenvalue weighted by Crippen LogP contribution is 2.38. The second-order valence-corrected chi connectivity index (χ2v) is 5.86. The molecule has 0 bridgehead atoms. The number of carbonyl (C=O) groups is 2. The van der Waals surface area contributed by atoms with Gasteiger partial charge < -0.3 is 4.98 Å². The number of aromatic amines is 1. The van der Waals surface area contributed by atoms with Crippen LogP contribution in [0.2, 0.25) is 0 Å². The largest absolute Gasteiger partial charge is 0.353 e. The molecule has 5 rings (SSSR count). The number of rotatable bonds is 0. The lowest BCUT2D eigenvalue weighted by Crippen LogP contribution is -2.20. The lowest BCUT2D eigenvalue weighted by Gasteiger charge is -2.06. The van der Waals surface area contributed by atoms with Crippen molar-refractivity contribution in [3.8, 4) is 0 Å². The van der Waals surface area contributed by atoms with Crippen LogP contribution in [0.4, 0.5) is 0 Å². The summed E-state index contributed by atoms with van der Waals surface area (Å²) in [4.78, 5) is 32.6. The van der Waals surface area contributed by atoms with Crippen LogP contribution in [-0.2, 0) is 0 Å². The van der Waals surface area contributed by atoms with Crippen molar-refractivity contribution in [1.82, 2.24) is 15.3 Å². The van der Waals surface area contributed by atoms with E-state index in [1.54, 1.807) is 6.20 Å². The fourth-order valence-electron chi connectivity index (χ4n) is 3.49. The summed E-state index contributed by atoms with van der Waals surface area (Å²) in [6.45, 7) is 1.92. The van der Waals surface area contributed by atoms with E-state index in [4.69, 9.17) is 0 Å². The number of H-pyrrole nitrogens is 1. The first-order chi connectivity index (χ1) is 11.1. The van der Waals surface area contributed by atoms with Crippen molar-refractivity contribution in [2.24, 2.45) is 0 Å². The van der Waals surface area contributed by atoms with Gasteiger partial charge in [0.1, 0.15) is 0 Å². The molecule has 4 aromatic rings. The molecule has 5 heteroatoms. The summed E-state index contributed by atoms with van der Waals surface area (Å²) >= 11 is 0. The average molecular weight is 301 g/mol. The number of imide groups is 1. The molecule has 3 heterocycles. The number of aromatic nitrogens is 2. The van der Waals surface area contributed by atoms with Gasteiger partial charge in [0.05, 0.1) is 22.2 Å². The van der Waals surface area contributed by atoms with Crippen molar-refractivity contribution in [3.05, 3.63) is 53.2 Å². The van der Waals surface area contributed by atoms with Crippen LogP contribution in [0, 0.1) is 6.92 Å². The minimum Gasteiger partial charge on any atom is -0.353 e. The van der Waals surface area contributed by atoms with Crippen LogP contribution in [0.25, 0.3) is 32.7 Å². The molecule has 5 nitrogen and oxygen atoms in total. The predicted octanol–water partition coefficient (Wildman–Crippen LogP) is 3.06. The zero-order valence-electron chi connectivity index (χ0n) is 12.2. The number of nitrogens with one attached hydrogen (secondary N) is 2. The van der Waals surface area contributed by atoms with Crippen molar-refractivity contribution < 1.29 is 9.59 Å². The SMILES string of the molecule is Cc1cnc2c(c1)c1c(c3c4ccccc4[nH]c23)C(=O)NC1=O. The Labute approximate surface area is 130 Å². The van der Waals surface area contributed by atoms with Gasteiger partial charge in [-0.3, -0.25) is 19.9 Å². The van der Waals surface area contributed by atoms with Crippen molar-refractivity contribution in [2.45, 2.75) is 6.92 Å². The molecule has 1 aliphatic heterocycles. The standard InChI is InChI=1S/C18H11N3O2/c1-8-6-10-13-14(18(23)21-17(13)22)12-9-4-2-3-5-11(9)20-16(12)15(10)19-7-8/h2-7,20H,1H3,(H,21,22,23). The van der Waals surface area contributed by atoms with Crippen LogP contribution in [0.15, 0.2) is 36.5 Å². The number of fused-ring (bicyclic) bond motifs is 8. The van der Waals surface area contributed by atoms with Gasteiger partial charge in [0.15, 0.2) is 0 Å². The molecule has 2 aromatic heterocycles. The van der Waals surface area contributed by atoms with Gasteiger partial charge in [0.25, 0.3) is 11.8 Å². The molecule has 0 atom stereocenters. The molecule has 1 aliphatic rings. The van der Waals surface area contributed by atoms with E-state index in [0.717, 1.165) is 27.4 Å². The van der Waals surface area contributed by atoms with E-state index in [1.807, 2.05) is 37.3 Å². The minimum absolute atomic E-state index is 0.344. The third-order valence-electron chi connectivity index (χ3n) is 4.42. The first-order valence-corrected chi connectivity index (χ1v) is 7.33. The van der Waals surface area contributed by atoms with E-state index in [1.165, 1.54) is 0 Å². The molecular weight excluding hydrogens is 290 g/mol. The van der Waals surface area contributed by atoms with Crippen LogP contribution >= 0.6 is 0 Å². The summed E-state index contributed by atoms with van der Waals surface area (Å²) in [5, 5.41) is 4.82. The maximum atomic E-state index is 12.4. The second kappa shape index (κ2) is 3.95. The highest BCUT2D eigenvalue weighted by molar-refractivity contribution is 6.36. The molecule has 0 aliphatic carbocycles. The number of hydrogen-bond acceptors (Lipinski definition) is 3. The molecule has 2 aromatic carbocycles. The summed E-state index contributed by atoms with van der Waals surface area (Å²) in [5.74, 6) is -0.697. The summed E-state index contributed by atoms with van der Waals surface area (Å²) in [6.07, 6.45) is 1.77. The molecule has 0 saturated carbocycles. The second-order valence-electron chi connectivity index (χ2n) is 5.86. The van der Waals surface area contributed by atoms with Gasteiger partial charge in [-0.2, -0.15) is 0 Å². The van der Waals surface area contributed by atoms with E-state index in [9.17, 15) is 9.59 Å². The molecule has 23 heavy (non-hydrogen) atoms. The van der Waals surface area contributed by atoms with E-state index >= 15 is 0 Å². The number of aryl methyl sites for hydroxylation is 1. The molecule has 0 radical (unpaired) electrons. The Morgan fingerprint density at radius 2 is 1.78 bits per heavy atom. The lowest BCUT2D eigenvalue weighted by molar-refractivity contribution is 0.0880. The van der Waals surface area contributed by atoms with E-state index < -0.39 is 0 Å². The molecule has 0 spiro atoms. The Morgan fingerprint density at radius 1 is 1.00 bits per heavy atom. The van der Waals surface area contributed by atoms with Crippen LogP contribution in [-0.4, -0.2) is 21.8 Å². The monoisotopic (exact) mass is 301 g/mol. The lowest BCUT2D eigenvalue weighted by atomic mass is 9.97. The van der Waals surface area contributed by atoms with E-state index in [2.05, 4.69) is 15.3 Å². The van der Waals surface area contributed by atoms with Crippen LogP contribution < -0.4 is 5.32 Å². The minimum atomic E-state index is -0.352. The highest BCUT2D eigenvalue weighted by atomic mass is 16.2. The Kier molecular flexibility index (Phi) is 2.12.